The molecule has 1 aromatic heterocycles. The summed E-state index contributed by atoms with van der Waals surface area (Å²) < 4.78 is 0. The highest BCUT2D eigenvalue weighted by Gasteiger charge is 2.32. The van der Waals surface area contributed by atoms with Gasteiger partial charge in [-0.25, -0.2) is 4.98 Å². The summed E-state index contributed by atoms with van der Waals surface area (Å²) in [5.74, 6) is 1.67. The monoisotopic (exact) mass is 481 g/mol. The van der Waals surface area contributed by atoms with E-state index in [1.54, 1.807) is 18.3 Å². The van der Waals surface area contributed by atoms with Gasteiger partial charge in [-0.3, -0.25) is 4.98 Å². The zero-order valence-corrected chi connectivity index (χ0v) is 20.3. The highest BCUT2D eigenvalue weighted by Crippen LogP contribution is 2.28. The topological polar surface area (TPSA) is 80.4 Å². The molecule has 170 valence electrons. The van der Waals surface area contributed by atoms with Gasteiger partial charge in [0.05, 0.1) is 33.3 Å². The number of halogens is 2. The molecule has 9 heteroatoms. The number of fused-ring (bicyclic) bond motifs is 1. The van der Waals surface area contributed by atoms with E-state index in [0.29, 0.717) is 46.0 Å². The second-order valence-electron chi connectivity index (χ2n) is 8.41. The second kappa shape index (κ2) is 9.82. The number of anilines is 2. The van der Waals surface area contributed by atoms with Crippen LogP contribution in [0.4, 0.5) is 11.5 Å². The molecule has 33 heavy (non-hydrogen) atoms. The number of piperazine rings is 1. The van der Waals surface area contributed by atoms with Gasteiger partial charge in [0.25, 0.3) is 0 Å². The number of nitrogens with zero attached hydrogens (tertiary/aromatic N) is 6. The van der Waals surface area contributed by atoms with Gasteiger partial charge in [0, 0.05) is 25.3 Å². The van der Waals surface area contributed by atoms with Crippen molar-refractivity contribution in [2.24, 2.45) is 10.9 Å². The molecule has 0 saturated carbocycles. The molecular weight excluding hydrogens is 457 g/mol. The molecule has 2 heterocycles. The van der Waals surface area contributed by atoms with Gasteiger partial charge in [-0.1, -0.05) is 55.2 Å². The van der Waals surface area contributed by atoms with E-state index in [0.717, 1.165) is 23.6 Å². The summed E-state index contributed by atoms with van der Waals surface area (Å²) in [4.78, 5) is 17.9. The van der Waals surface area contributed by atoms with E-state index >= 15 is 0 Å². The van der Waals surface area contributed by atoms with Crippen molar-refractivity contribution in [3.63, 3.8) is 0 Å². The molecule has 1 aliphatic rings. The van der Waals surface area contributed by atoms with E-state index in [4.69, 9.17) is 28.2 Å². The molecule has 1 N–H and O–H groups in total. The maximum atomic E-state index is 9.36. The number of aromatic nitrogens is 2. The van der Waals surface area contributed by atoms with Crippen molar-refractivity contribution in [2.45, 2.75) is 26.8 Å². The Morgan fingerprint density at radius 3 is 2.61 bits per heavy atom. The molecule has 1 unspecified atom stereocenters. The van der Waals surface area contributed by atoms with Gasteiger partial charge >= 0.3 is 0 Å². The molecule has 1 atom stereocenters. The molecule has 1 fully saturated rings. The van der Waals surface area contributed by atoms with Gasteiger partial charge in [0.2, 0.25) is 12.2 Å². The molecule has 0 aliphatic carbocycles. The van der Waals surface area contributed by atoms with Crippen molar-refractivity contribution in [2.75, 3.05) is 29.9 Å². The number of guanidine groups is 1. The van der Waals surface area contributed by atoms with Gasteiger partial charge in [0.1, 0.15) is 5.82 Å². The number of aliphatic imine (C=N–C) groups is 1. The Hall–Kier alpha value is -3.08. The molecule has 2 aromatic carbocycles. The lowest BCUT2D eigenvalue weighted by Gasteiger charge is -2.45. The van der Waals surface area contributed by atoms with Crippen molar-refractivity contribution in [1.29, 1.82) is 5.26 Å². The summed E-state index contributed by atoms with van der Waals surface area (Å²) in [5.41, 5.74) is 3.44. The van der Waals surface area contributed by atoms with Crippen molar-refractivity contribution < 1.29 is 0 Å². The Bertz CT molecular complexity index is 1240. The van der Waals surface area contributed by atoms with Crippen LogP contribution >= 0.6 is 23.2 Å². The van der Waals surface area contributed by atoms with Crippen LogP contribution in [0, 0.1) is 24.3 Å². The molecule has 1 aliphatic heterocycles. The zero-order chi connectivity index (χ0) is 23.5. The molecule has 0 amide bonds. The standard InChI is InChI=1S/C24H25Cl2N7/c1-15(2)22-13-32(23-12-28-20-10-17(25)18(26)11-21(20)30-23)8-9-33(22)24(29-14-27)31-19-7-5-4-6-16(19)3/h4-7,10-12,15,22H,8-9,13H2,1-3H3,(H,29,31). The highest BCUT2D eigenvalue weighted by atomic mass is 35.5. The van der Waals surface area contributed by atoms with E-state index in [-0.39, 0.29) is 6.04 Å². The van der Waals surface area contributed by atoms with Crippen LogP contribution in [0.1, 0.15) is 19.4 Å². The van der Waals surface area contributed by atoms with E-state index < -0.39 is 0 Å². The number of aryl methyl sites for hydroxylation is 1. The first kappa shape index (κ1) is 23.1. The van der Waals surface area contributed by atoms with E-state index in [1.165, 1.54) is 0 Å². The quantitative estimate of drug-likeness (QED) is 0.308. The van der Waals surface area contributed by atoms with Gasteiger partial charge in [-0.2, -0.15) is 5.26 Å². The van der Waals surface area contributed by atoms with Gasteiger partial charge < -0.3 is 15.1 Å². The van der Waals surface area contributed by atoms with Crippen molar-refractivity contribution >= 4 is 51.7 Å². The van der Waals surface area contributed by atoms with Gasteiger partial charge in [-0.05, 0) is 36.6 Å². The predicted molar refractivity (Wildman–Crippen MR) is 135 cm³/mol. The predicted octanol–water partition coefficient (Wildman–Crippen LogP) is 5.34. The van der Waals surface area contributed by atoms with Crippen LogP contribution in [0.3, 0.4) is 0 Å². The summed E-state index contributed by atoms with van der Waals surface area (Å²) >= 11 is 12.3. The normalized spacial score (nSPS) is 16.9. The fourth-order valence-corrected chi connectivity index (χ4v) is 4.36. The summed E-state index contributed by atoms with van der Waals surface area (Å²) in [7, 11) is 0. The lowest BCUT2D eigenvalue weighted by atomic mass is 9.99. The minimum absolute atomic E-state index is 0.119. The Labute approximate surface area is 203 Å². The summed E-state index contributed by atoms with van der Waals surface area (Å²) in [6.45, 7) is 8.49. The summed E-state index contributed by atoms with van der Waals surface area (Å²) in [6.07, 6.45) is 3.73. The number of nitriles is 1. The van der Waals surface area contributed by atoms with Crippen LogP contribution in [0.25, 0.3) is 11.0 Å². The minimum Gasteiger partial charge on any atom is -0.351 e. The first-order chi connectivity index (χ1) is 15.9. The summed E-state index contributed by atoms with van der Waals surface area (Å²) in [6, 6.07) is 11.6. The van der Waals surface area contributed by atoms with Crippen molar-refractivity contribution in [3.05, 3.63) is 58.2 Å². The van der Waals surface area contributed by atoms with Crippen LogP contribution in [0.5, 0.6) is 0 Å². The van der Waals surface area contributed by atoms with Crippen LogP contribution in [-0.4, -0.2) is 46.5 Å². The molecule has 1 saturated heterocycles. The third-order valence-corrected chi connectivity index (χ3v) is 6.63. The number of hydrogen-bond donors (Lipinski definition) is 1. The zero-order valence-electron chi connectivity index (χ0n) is 18.8. The van der Waals surface area contributed by atoms with Crippen LogP contribution in [0.15, 0.2) is 47.6 Å². The minimum atomic E-state index is 0.119. The first-order valence-corrected chi connectivity index (χ1v) is 11.6. The van der Waals surface area contributed by atoms with E-state index in [1.807, 2.05) is 37.4 Å². The number of benzene rings is 2. The maximum absolute atomic E-state index is 9.36. The Morgan fingerprint density at radius 1 is 1.18 bits per heavy atom. The van der Waals surface area contributed by atoms with Crippen LogP contribution in [0.2, 0.25) is 10.0 Å². The van der Waals surface area contributed by atoms with E-state index in [9.17, 15) is 5.26 Å². The van der Waals surface area contributed by atoms with Crippen molar-refractivity contribution in [1.82, 2.24) is 14.9 Å². The molecular formula is C24H25Cl2N7. The maximum Gasteiger partial charge on any atom is 0.214 e. The lowest BCUT2D eigenvalue weighted by molar-refractivity contribution is 0.224. The Kier molecular flexibility index (Phi) is 6.87. The largest absolute Gasteiger partial charge is 0.351 e. The third kappa shape index (κ3) is 4.97. The molecule has 3 aromatic rings. The Morgan fingerprint density at radius 2 is 1.91 bits per heavy atom. The third-order valence-electron chi connectivity index (χ3n) is 5.90. The fraction of sp³-hybridized carbons (Fsp3) is 0.333. The average molecular weight is 482 g/mol. The number of hydrogen-bond acceptors (Lipinski definition) is 5. The van der Waals surface area contributed by atoms with E-state index in [2.05, 4.69) is 38.9 Å². The SMILES string of the molecule is Cc1ccccc1N/C(=N/C#N)N1CCN(c2cnc3cc(Cl)c(Cl)cc3n2)CC1C(C)C. The molecule has 7 nitrogen and oxygen atoms in total. The van der Waals surface area contributed by atoms with Gasteiger partial charge in [0.15, 0.2) is 0 Å². The second-order valence-corrected chi connectivity index (χ2v) is 9.22. The smallest absolute Gasteiger partial charge is 0.214 e. The van der Waals surface area contributed by atoms with Gasteiger partial charge in [-0.15, -0.1) is 4.99 Å². The number of rotatable bonds is 3. The fourth-order valence-electron chi connectivity index (χ4n) is 4.05. The molecule has 0 bridgehead atoms. The molecule has 0 spiro atoms. The lowest BCUT2D eigenvalue weighted by Crippen LogP contribution is -2.58. The van der Waals surface area contributed by atoms with Crippen LogP contribution < -0.4 is 10.2 Å². The number of para-hydroxylation sites is 1. The van der Waals surface area contributed by atoms with Crippen molar-refractivity contribution in [3.8, 4) is 6.19 Å². The number of nitrogens with one attached hydrogen (secondary N) is 1. The highest BCUT2D eigenvalue weighted by molar-refractivity contribution is 6.42. The van der Waals surface area contributed by atoms with Crippen LogP contribution in [-0.2, 0) is 0 Å². The Balaban J connectivity index is 1.60. The molecule has 4 rings (SSSR count). The first-order valence-electron chi connectivity index (χ1n) is 10.8. The average Bonchev–Trinajstić information content (AvgIpc) is 2.80. The summed E-state index contributed by atoms with van der Waals surface area (Å²) in [5, 5.41) is 13.7. The molecule has 0 radical (unpaired) electrons.